The molecule has 2 rings (SSSR count). The number of hydrogen-bond donors (Lipinski definition) is 2. The van der Waals surface area contributed by atoms with E-state index < -0.39 is 17.7 Å². The third-order valence-corrected chi connectivity index (χ3v) is 6.73. The average molecular weight is 534 g/mol. The molecule has 0 spiro atoms. The number of benzene rings is 2. The Labute approximate surface area is 227 Å². The number of esters is 1. The highest BCUT2D eigenvalue weighted by molar-refractivity contribution is 6.06. The van der Waals surface area contributed by atoms with E-state index in [0.29, 0.717) is 24.5 Å². The molecule has 2 aromatic carbocycles. The summed E-state index contributed by atoms with van der Waals surface area (Å²) in [6.07, 6.45) is 6.68. The molecule has 212 valence electrons. The van der Waals surface area contributed by atoms with E-state index in [4.69, 9.17) is 14.6 Å². The molecule has 0 aliphatic carbocycles. The Bertz CT molecular complexity index is 962. The van der Waals surface area contributed by atoms with Gasteiger partial charge in [0, 0.05) is 12.8 Å². The van der Waals surface area contributed by atoms with Gasteiger partial charge >= 0.3 is 5.97 Å². The number of amides is 1. The molecular weight excluding hydrogens is 487 g/mol. The van der Waals surface area contributed by atoms with Crippen LogP contribution < -0.4 is 10.1 Å². The molecule has 0 atom stereocenters. The fourth-order valence-electron chi connectivity index (χ4n) is 3.77. The number of halogens is 1. The molecule has 0 aromatic heterocycles. The minimum Gasteiger partial charge on any atom is -0.493 e. The van der Waals surface area contributed by atoms with Crippen molar-refractivity contribution >= 4 is 17.6 Å². The Hall–Kier alpha value is -2.97. The molecule has 8 heteroatoms. The molecule has 0 fully saturated rings. The first-order chi connectivity index (χ1) is 18.3. The summed E-state index contributed by atoms with van der Waals surface area (Å²) in [6, 6.07) is 10.8. The highest BCUT2D eigenvalue weighted by atomic mass is 19.1. The Kier molecular flexibility index (Phi) is 15.9. The number of nitrogens with one attached hydrogen (secondary N) is 1. The predicted octanol–water partition coefficient (Wildman–Crippen LogP) is 6.07. The van der Waals surface area contributed by atoms with Crippen LogP contribution in [0.5, 0.6) is 5.75 Å². The van der Waals surface area contributed by atoms with Crippen molar-refractivity contribution in [3.63, 3.8) is 0 Å². The first kappa shape index (κ1) is 33.1. The lowest BCUT2D eigenvalue weighted by Crippen LogP contribution is -2.46. The minimum atomic E-state index is -0.641. The van der Waals surface area contributed by atoms with Crippen LogP contribution in [0.15, 0.2) is 42.5 Å². The van der Waals surface area contributed by atoms with Gasteiger partial charge in [0.15, 0.2) is 0 Å². The van der Waals surface area contributed by atoms with Crippen molar-refractivity contribution in [3.05, 3.63) is 59.4 Å². The fraction of sp³-hybridized carbons (Fsp3) is 0.533. The van der Waals surface area contributed by atoms with E-state index in [1.807, 2.05) is 0 Å². The van der Waals surface area contributed by atoms with Crippen molar-refractivity contribution in [3.8, 4) is 5.75 Å². The normalized spacial score (nSPS) is 10.8. The van der Waals surface area contributed by atoms with Gasteiger partial charge in [-0.1, -0.05) is 45.1 Å². The number of carbonyl (C=O) groups excluding carboxylic acids is 2. The molecule has 7 nitrogen and oxygen atoms in total. The van der Waals surface area contributed by atoms with Crippen molar-refractivity contribution in [2.75, 3.05) is 52.3 Å². The van der Waals surface area contributed by atoms with Crippen LogP contribution in [0, 0.1) is 5.82 Å². The molecule has 0 saturated heterocycles. The van der Waals surface area contributed by atoms with E-state index in [9.17, 15) is 14.0 Å². The van der Waals surface area contributed by atoms with Gasteiger partial charge in [-0.05, 0) is 56.7 Å². The first-order valence-corrected chi connectivity index (χ1v) is 13.6. The lowest BCUT2D eigenvalue weighted by atomic mass is 10.1. The molecule has 0 aliphatic heterocycles. The van der Waals surface area contributed by atoms with Crippen LogP contribution in [0.25, 0.3) is 0 Å². The summed E-state index contributed by atoms with van der Waals surface area (Å²) in [7, 11) is 3.13. The molecule has 0 aliphatic rings. The number of ether oxygens (including phenoxy) is 2. The third kappa shape index (κ3) is 11.2. The number of rotatable bonds is 16. The molecule has 0 saturated carbocycles. The van der Waals surface area contributed by atoms with Gasteiger partial charge in [0.25, 0.3) is 5.91 Å². The zero-order valence-corrected chi connectivity index (χ0v) is 23.7. The van der Waals surface area contributed by atoms with Gasteiger partial charge in [-0.3, -0.25) is 4.79 Å². The lowest BCUT2D eigenvalue weighted by Gasteiger charge is -2.31. The summed E-state index contributed by atoms with van der Waals surface area (Å²) in [6.45, 7) is 9.87. The Morgan fingerprint density at radius 2 is 1.53 bits per heavy atom. The van der Waals surface area contributed by atoms with Crippen molar-refractivity contribution in [2.24, 2.45) is 0 Å². The highest BCUT2D eigenvalue weighted by Gasteiger charge is 2.19. The van der Waals surface area contributed by atoms with E-state index in [2.05, 4.69) is 33.1 Å². The van der Waals surface area contributed by atoms with Crippen molar-refractivity contribution in [2.45, 2.75) is 59.3 Å². The van der Waals surface area contributed by atoms with Crippen LogP contribution >= 0.6 is 0 Å². The zero-order chi connectivity index (χ0) is 28.4. The Morgan fingerprint density at radius 1 is 0.895 bits per heavy atom. The van der Waals surface area contributed by atoms with Crippen LogP contribution in [0.4, 0.5) is 10.1 Å². The number of anilines is 1. The maximum Gasteiger partial charge on any atom is 0.338 e. The lowest BCUT2D eigenvalue weighted by molar-refractivity contribution is -0.906. The summed E-state index contributed by atoms with van der Waals surface area (Å²) in [4.78, 5) is 25.2. The van der Waals surface area contributed by atoms with E-state index in [1.165, 1.54) is 31.4 Å². The largest absolute Gasteiger partial charge is 0.493 e. The van der Waals surface area contributed by atoms with Crippen LogP contribution in [-0.2, 0) is 4.74 Å². The fourth-order valence-corrected chi connectivity index (χ4v) is 3.77. The number of nitrogens with zero attached hydrogens (tertiary/aromatic N) is 1. The Morgan fingerprint density at radius 3 is 2.16 bits per heavy atom. The second-order valence-corrected chi connectivity index (χ2v) is 9.37. The molecular formula is C30H46FN2O5+. The van der Waals surface area contributed by atoms with Gasteiger partial charge in [0.05, 0.1) is 32.3 Å². The van der Waals surface area contributed by atoms with Gasteiger partial charge in [-0.25, -0.2) is 9.18 Å². The maximum absolute atomic E-state index is 14.5. The van der Waals surface area contributed by atoms with Gasteiger partial charge in [0.2, 0.25) is 0 Å². The number of likely N-dealkylation sites (N-methyl/N-ethyl adjacent to an activating group) is 1. The number of hydrogen-bond acceptors (Lipinski definition) is 5. The third-order valence-electron chi connectivity index (χ3n) is 6.73. The molecule has 2 N–H and O–H groups in total. The number of aliphatic hydroxyl groups excluding tert-OH is 1. The predicted molar refractivity (Wildman–Crippen MR) is 150 cm³/mol. The monoisotopic (exact) mass is 533 g/mol. The van der Waals surface area contributed by atoms with Gasteiger partial charge in [-0.15, -0.1) is 0 Å². The maximum atomic E-state index is 14.5. The van der Waals surface area contributed by atoms with Gasteiger partial charge in [-0.2, -0.15) is 0 Å². The van der Waals surface area contributed by atoms with Gasteiger partial charge < -0.3 is 24.4 Å². The summed E-state index contributed by atoms with van der Waals surface area (Å²) in [5, 5.41) is 9.70. The average Bonchev–Trinajstić information content (AvgIpc) is 2.93. The topological polar surface area (TPSA) is 84.9 Å². The van der Waals surface area contributed by atoms with E-state index >= 15 is 0 Å². The molecule has 1 amide bonds. The second-order valence-electron chi connectivity index (χ2n) is 9.37. The first-order valence-electron chi connectivity index (χ1n) is 13.6. The van der Waals surface area contributed by atoms with Crippen molar-refractivity contribution in [1.29, 1.82) is 0 Å². The number of quaternary nitrogens is 1. The van der Waals surface area contributed by atoms with E-state index in [0.717, 1.165) is 50.5 Å². The smallest absolute Gasteiger partial charge is 0.338 e. The van der Waals surface area contributed by atoms with Crippen LogP contribution in [0.2, 0.25) is 0 Å². The minimum absolute atomic E-state index is 0.125. The van der Waals surface area contributed by atoms with E-state index in [1.54, 1.807) is 30.3 Å². The summed E-state index contributed by atoms with van der Waals surface area (Å²) in [5.41, 5.74) is 0.715. The number of unbranched alkanes of at least 4 members (excludes halogenated alkanes) is 5. The zero-order valence-electron chi connectivity index (χ0n) is 23.7. The summed E-state index contributed by atoms with van der Waals surface area (Å²) >= 11 is 0. The van der Waals surface area contributed by atoms with Gasteiger partial charge in [0.1, 0.15) is 30.3 Å². The summed E-state index contributed by atoms with van der Waals surface area (Å²) < 4.78 is 26.5. The molecule has 0 bridgehead atoms. The van der Waals surface area contributed by atoms with Crippen LogP contribution in [-0.4, -0.2) is 68.5 Å². The Balaban J connectivity index is 0.00000352. The van der Waals surface area contributed by atoms with Crippen LogP contribution in [0.3, 0.4) is 0 Å². The highest BCUT2D eigenvalue weighted by Crippen LogP contribution is 2.24. The molecule has 0 unspecified atom stereocenters. The summed E-state index contributed by atoms with van der Waals surface area (Å²) in [5.74, 6) is -1.42. The van der Waals surface area contributed by atoms with E-state index in [-0.39, 0.29) is 11.3 Å². The number of carbonyl (C=O) groups is 2. The second kappa shape index (κ2) is 18.3. The standard InChI is InChI=1S/C29H41FN2O4.CH4O/c1-5-8-9-10-11-12-21-35-26-15-13-14-25(30)27(26)28(33)31-24-18-16-23(17-19-24)29(34)36-22-20-32(4,6-2)7-3;1-2/h13-19H,5-12,20-22H2,1-4H3;2H,1H3/p+1. The SMILES string of the molecule is CCCCCCCCOc1cccc(F)c1C(=O)Nc1ccc(C(=O)OCC[N+](C)(CC)CC)cc1.CO. The van der Waals surface area contributed by atoms with Crippen molar-refractivity contribution < 1.29 is 33.0 Å². The number of aliphatic hydroxyl groups is 1. The molecule has 2 aromatic rings. The quantitative estimate of drug-likeness (QED) is 0.155. The van der Waals surface area contributed by atoms with Crippen LogP contribution in [0.1, 0.15) is 80.0 Å². The van der Waals surface area contributed by atoms with Crippen molar-refractivity contribution in [1.82, 2.24) is 0 Å². The molecule has 0 radical (unpaired) electrons. The molecule has 38 heavy (non-hydrogen) atoms. The molecule has 0 heterocycles.